The average molecular weight is 872 g/mol. The lowest BCUT2D eigenvalue weighted by Crippen LogP contribution is -2.16. The number of hydrogen-bond acceptors (Lipinski definition) is 5. The minimum Gasteiger partial charge on any atom is -0.454 e. The van der Waals surface area contributed by atoms with Crippen molar-refractivity contribution < 1.29 is 4.42 Å². The minimum atomic E-state index is -0.0956. The van der Waals surface area contributed by atoms with Crippen molar-refractivity contribution in [2.24, 2.45) is 0 Å². The van der Waals surface area contributed by atoms with Gasteiger partial charge in [0.15, 0.2) is 23.1 Å². The average Bonchev–Trinajstić information content (AvgIpc) is 3.96. The zero-order chi connectivity index (χ0) is 45.0. The van der Waals surface area contributed by atoms with Crippen molar-refractivity contribution in [3.8, 4) is 45.0 Å². The smallest absolute Gasteiger partial charge is 0.165 e. The van der Waals surface area contributed by atoms with E-state index in [4.69, 9.17) is 24.4 Å². The Morgan fingerprint density at radius 3 is 1.54 bits per heavy atom. The fraction of sp³-hybridized carbons (Fsp3) is 0.0323. The van der Waals surface area contributed by atoms with E-state index in [2.05, 4.69) is 168 Å². The molecule has 1 unspecified atom stereocenters. The summed E-state index contributed by atoms with van der Waals surface area (Å²) >= 11 is 0. The first kappa shape index (κ1) is 39.4. The van der Waals surface area contributed by atoms with Crippen molar-refractivity contribution >= 4 is 60.7 Å². The monoisotopic (exact) mass is 871 g/mol. The number of rotatable bonds is 8. The van der Waals surface area contributed by atoms with Crippen LogP contribution in [0.15, 0.2) is 235 Å². The molecule has 0 aliphatic heterocycles. The molecule has 4 heterocycles. The third-order valence-electron chi connectivity index (χ3n) is 13.3. The third kappa shape index (κ3) is 6.90. The SMILES string of the molecule is C1=C(c2nc(-c3ccccc3)nc(-c3cnc4c(c3)oc3ccccc34)n2)CC(c2ccccc2)C(n2c3ccc(-c4ccccc4)cc3c3cc(-c4ccccc4)ccc32)=C1c1ccccc1. The highest BCUT2D eigenvalue weighted by molar-refractivity contribution is 6.15. The van der Waals surface area contributed by atoms with E-state index in [1.54, 1.807) is 0 Å². The van der Waals surface area contributed by atoms with Crippen LogP contribution in [0, 0.1) is 0 Å². The number of allylic oxidation sites excluding steroid dienone is 4. The molecule has 0 saturated heterocycles. The molecule has 6 heteroatoms. The lowest BCUT2D eigenvalue weighted by atomic mass is 9.80. The number of nitrogens with zero attached hydrogens (tertiary/aromatic N) is 5. The number of hydrogen-bond donors (Lipinski definition) is 0. The minimum absolute atomic E-state index is 0.0956. The molecule has 0 fully saturated rings. The standard InChI is InChI=1S/C62H41N5O/c1-6-18-40(19-7-1)45-30-32-54-52(34-45)53-35-46(41-20-8-2-9-21-41)31-33-55(53)67(54)59-50(42-22-10-3-11-23-42)36-47(37-51(59)43-24-12-4-13-25-43)61-64-60(44-26-14-5-15-27-44)65-62(66-61)48-38-57-58(63-39-48)49-28-16-17-29-56(49)68-57/h1-36,38-39,51H,37H2. The van der Waals surface area contributed by atoms with E-state index >= 15 is 0 Å². The lowest BCUT2D eigenvalue weighted by molar-refractivity contribution is 0.668. The topological polar surface area (TPSA) is 69.6 Å². The molecule has 1 aliphatic rings. The second kappa shape index (κ2) is 16.5. The Morgan fingerprint density at radius 2 is 0.926 bits per heavy atom. The summed E-state index contributed by atoms with van der Waals surface area (Å²) in [5.41, 5.74) is 16.6. The van der Waals surface area contributed by atoms with Crippen LogP contribution < -0.4 is 0 Å². The Balaban J connectivity index is 1.08. The van der Waals surface area contributed by atoms with Gasteiger partial charge in [-0.25, -0.2) is 15.0 Å². The van der Waals surface area contributed by atoms with Crippen LogP contribution in [0.2, 0.25) is 0 Å². The number of aromatic nitrogens is 5. The van der Waals surface area contributed by atoms with Crippen molar-refractivity contribution in [2.75, 3.05) is 0 Å². The molecule has 0 bridgehead atoms. The van der Waals surface area contributed by atoms with E-state index in [9.17, 15) is 0 Å². The summed E-state index contributed by atoms with van der Waals surface area (Å²) in [5.74, 6) is 1.65. The van der Waals surface area contributed by atoms with E-state index in [0.29, 0.717) is 29.5 Å². The van der Waals surface area contributed by atoms with Gasteiger partial charge < -0.3 is 8.98 Å². The summed E-state index contributed by atoms with van der Waals surface area (Å²) in [7, 11) is 0. The molecule has 1 aliphatic carbocycles. The summed E-state index contributed by atoms with van der Waals surface area (Å²) in [6, 6.07) is 77.1. The number of furan rings is 1. The van der Waals surface area contributed by atoms with E-state index in [1.165, 1.54) is 44.3 Å². The Morgan fingerprint density at radius 1 is 0.412 bits per heavy atom. The highest BCUT2D eigenvalue weighted by atomic mass is 16.3. The maximum Gasteiger partial charge on any atom is 0.165 e. The van der Waals surface area contributed by atoms with Crippen LogP contribution in [0.1, 0.15) is 29.3 Å². The van der Waals surface area contributed by atoms with Gasteiger partial charge in [0.25, 0.3) is 0 Å². The zero-order valence-corrected chi connectivity index (χ0v) is 36.9. The molecule has 12 aromatic rings. The number of pyridine rings is 1. The Bertz CT molecular complexity index is 3820. The molecular formula is C62H41N5O. The summed E-state index contributed by atoms with van der Waals surface area (Å²) in [6.07, 6.45) is 4.81. The molecule has 0 amide bonds. The zero-order valence-electron chi connectivity index (χ0n) is 36.9. The van der Waals surface area contributed by atoms with E-state index in [1.807, 2.05) is 66.9 Å². The van der Waals surface area contributed by atoms with Gasteiger partial charge >= 0.3 is 0 Å². The molecule has 0 saturated carbocycles. The molecular weight excluding hydrogens is 831 g/mol. The van der Waals surface area contributed by atoms with Gasteiger partial charge in [-0.1, -0.05) is 176 Å². The molecule has 68 heavy (non-hydrogen) atoms. The molecule has 0 radical (unpaired) electrons. The Hall–Kier alpha value is -9.00. The van der Waals surface area contributed by atoms with Crippen molar-refractivity contribution in [3.63, 3.8) is 0 Å². The molecule has 0 N–H and O–H groups in total. The van der Waals surface area contributed by atoms with E-state index in [-0.39, 0.29) is 5.92 Å². The van der Waals surface area contributed by atoms with Gasteiger partial charge in [-0.15, -0.1) is 0 Å². The molecule has 8 aromatic carbocycles. The molecule has 320 valence electrons. The van der Waals surface area contributed by atoms with Crippen LogP contribution in [0.5, 0.6) is 0 Å². The maximum absolute atomic E-state index is 6.31. The second-order valence-electron chi connectivity index (χ2n) is 17.4. The van der Waals surface area contributed by atoms with Crippen LogP contribution in [-0.2, 0) is 0 Å². The molecule has 1 atom stereocenters. The number of fused-ring (bicyclic) bond motifs is 6. The van der Waals surface area contributed by atoms with E-state index in [0.717, 1.165) is 55.4 Å². The molecule has 13 rings (SSSR count). The van der Waals surface area contributed by atoms with Gasteiger partial charge in [-0.3, -0.25) is 4.98 Å². The van der Waals surface area contributed by atoms with Crippen molar-refractivity contribution in [1.82, 2.24) is 24.5 Å². The van der Waals surface area contributed by atoms with E-state index < -0.39 is 0 Å². The van der Waals surface area contributed by atoms with Crippen molar-refractivity contribution in [2.45, 2.75) is 12.3 Å². The van der Waals surface area contributed by atoms with Gasteiger partial charge in [-0.2, -0.15) is 0 Å². The maximum atomic E-state index is 6.31. The normalized spacial score (nSPS) is 14.0. The van der Waals surface area contributed by atoms with Gasteiger partial charge in [0.2, 0.25) is 0 Å². The van der Waals surface area contributed by atoms with Crippen LogP contribution in [0.3, 0.4) is 0 Å². The van der Waals surface area contributed by atoms with Gasteiger partial charge in [0, 0.05) is 50.7 Å². The highest BCUT2D eigenvalue weighted by Gasteiger charge is 2.32. The first-order valence-electron chi connectivity index (χ1n) is 23.0. The predicted molar refractivity (Wildman–Crippen MR) is 277 cm³/mol. The van der Waals surface area contributed by atoms with Crippen LogP contribution in [-0.4, -0.2) is 24.5 Å². The Labute approximate surface area is 392 Å². The molecule has 0 spiro atoms. The first-order valence-corrected chi connectivity index (χ1v) is 23.0. The van der Waals surface area contributed by atoms with Crippen molar-refractivity contribution in [1.29, 1.82) is 0 Å². The van der Waals surface area contributed by atoms with Crippen LogP contribution >= 0.6 is 0 Å². The lowest BCUT2D eigenvalue weighted by Gasteiger charge is -2.31. The first-order chi connectivity index (χ1) is 33.7. The number of para-hydroxylation sites is 1. The summed E-state index contributed by atoms with van der Waals surface area (Å²) in [5, 5.41) is 3.37. The van der Waals surface area contributed by atoms with Crippen LogP contribution in [0.25, 0.3) is 106 Å². The Kier molecular flexibility index (Phi) is 9.53. The van der Waals surface area contributed by atoms with Gasteiger partial charge in [-0.05, 0) is 93.9 Å². The summed E-state index contributed by atoms with van der Waals surface area (Å²) in [6.45, 7) is 0. The molecule has 6 nitrogen and oxygen atoms in total. The summed E-state index contributed by atoms with van der Waals surface area (Å²) in [4.78, 5) is 20.7. The van der Waals surface area contributed by atoms with Crippen LogP contribution in [0.4, 0.5) is 0 Å². The van der Waals surface area contributed by atoms with Gasteiger partial charge in [0.1, 0.15) is 11.1 Å². The number of benzene rings is 8. The fourth-order valence-corrected chi connectivity index (χ4v) is 10.0. The highest BCUT2D eigenvalue weighted by Crippen LogP contribution is 2.49. The predicted octanol–water partition coefficient (Wildman–Crippen LogP) is 15.6. The largest absolute Gasteiger partial charge is 0.454 e. The molecule has 4 aromatic heterocycles. The third-order valence-corrected chi connectivity index (χ3v) is 13.3. The van der Waals surface area contributed by atoms with Crippen molar-refractivity contribution in [3.05, 3.63) is 248 Å². The quantitative estimate of drug-likeness (QED) is 0.152. The second-order valence-corrected chi connectivity index (χ2v) is 17.4. The summed E-state index contributed by atoms with van der Waals surface area (Å²) < 4.78 is 8.85. The fourth-order valence-electron chi connectivity index (χ4n) is 10.0. The van der Waals surface area contributed by atoms with Gasteiger partial charge in [0.05, 0.1) is 11.0 Å².